The second-order valence-corrected chi connectivity index (χ2v) is 6.86. The Labute approximate surface area is 141 Å². The zero-order chi connectivity index (χ0) is 17.0. The summed E-state index contributed by atoms with van der Waals surface area (Å²) in [4.78, 5) is 4.21. The first kappa shape index (κ1) is 16.0. The highest BCUT2D eigenvalue weighted by molar-refractivity contribution is 7.92. The summed E-state index contributed by atoms with van der Waals surface area (Å²) in [5.74, 6) is 1.26. The van der Waals surface area contributed by atoms with Gasteiger partial charge in [-0.2, -0.15) is 0 Å². The molecule has 2 aromatic carbocycles. The van der Waals surface area contributed by atoms with Gasteiger partial charge in [0.2, 0.25) is 0 Å². The molecule has 0 unspecified atom stereocenters. The van der Waals surface area contributed by atoms with Crippen molar-refractivity contribution in [3.8, 4) is 11.5 Å². The van der Waals surface area contributed by atoms with Gasteiger partial charge in [-0.25, -0.2) is 8.42 Å². The molecule has 0 aliphatic heterocycles. The van der Waals surface area contributed by atoms with Crippen LogP contribution >= 0.6 is 0 Å². The van der Waals surface area contributed by atoms with Crippen LogP contribution in [0.2, 0.25) is 0 Å². The van der Waals surface area contributed by atoms with Gasteiger partial charge in [-0.15, -0.1) is 0 Å². The van der Waals surface area contributed by atoms with E-state index in [1.807, 2.05) is 30.3 Å². The number of para-hydroxylation sites is 1. The summed E-state index contributed by atoms with van der Waals surface area (Å²) in [5, 5.41) is 0. The lowest BCUT2D eigenvalue weighted by molar-refractivity contribution is 0.482. The van der Waals surface area contributed by atoms with E-state index in [1.54, 1.807) is 37.4 Å². The predicted molar refractivity (Wildman–Crippen MR) is 92.7 cm³/mol. The van der Waals surface area contributed by atoms with Crippen molar-refractivity contribution in [1.29, 1.82) is 0 Å². The molecule has 0 saturated carbocycles. The summed E-state index contributed by atoms with van der Waals surface area (Å²) in [7, 11) is -3.65. The number of sulfonamides is 1. The summed E-state index contributed by atoms with van der Waals surface area (Å²) in [5.41, 5.74) is 1.22. The number of hydrogen-bond donors (Lipinski definition) is 1. The Morgan fingerprint density at radius 3 is 2.25 bits per heavy atom. The van der Waals surface area contributed by atoms with Gasteiger partial charge in [0, 0.05) is 11.9 Å². The fourth-order valence-corrected chi connectivity index (χ4v) is 3.18. The third kappa shape index (κ3) is 3.91. The number of nitrogens with zero attached hydrogens (tertiary/aromatic N) is 1. The Balaban J connectivity index is 1.77. The smallest absolute Gasteiger partial charge is 0.261 e. The van der Waals surface area contributed by atoms with Crippen molar-refractivity contribution in [3.63, 3.8) is 0 Å². The van der Waals surface area contributed by atoms with Gasteiger partial charge < -0.3 is 4.74 Å². The van der Waals surface area contributed by atoms with Crippen molar-refractivity contribution >= 4 is 15.7 Å². The first-order chi connectivity index (χ1) is 11.5. The molecule has 1 aromatic heterocycles. The standard InChI is InChI=1S/C18H16N2O3S/c1-14-13-15(11-12-19-14)20-24(21,22)18-9-7-17(8-10-18)23-16-5-3-2-4-6-16/h2-13H,1H3,(H,19,20). The molecule has 3 aromatic rings. The lowest BCUT2D eigenvalue weighted by Gasteiger charge is -2.10. The molecule has 0 saturated heterocycles. The number of nitrogens with one attached hydrogen (secondary N) is 1. The number of aromatic nitrogens is 1. The van der Waals surface area contributed by atoms with Gasteiger partial charge in [-0.3, -0.25) is 9.71 Å². The lowest BCUT2D eigenvalue weighted by atomic mass is 10.3. The summed E-state index contributed by atoms with van der Waals surface area (Å²) < 4.78 is 33.0. The second-order valence-electron chi connectivity index (χ2n) is 5.18. The van der Waals surface area contributed by atoms with Crippen molar-refractivity contribution in [1.82, 2.24) is 4.98 Å². The zero-order valence-electron chi connectivity index (χ0n) is 13.0. The van der Waals surface area contributed by atoms with Crippen LogP contribution in [0.5, 0.6) is 11.5 Å². The van der Waals surface area contributed by atoms with E-state index < -0.39 is 10.0 Å². The second kappa shape index (κ2) is 6.72. The fourth-order valence-electron chi connectivity index (χ4n) is 2.13. The molecule has 5 nitrogen and oxygen atoms in total. The molecular formula is C18H16N2O3S. The maximum atomic E-state index is 12.4. The molecular weight excluding hydrogens is 324 g/mol. The third-order valence-electron chi connectivity index (χ3n) is 3.26. The Morgan fingerprint density at radius 2 is 1.58 bits per heavy atom. The summed E-state index contributed by atoms with van der Waals surface area (Å²) >= 11 is 0. The molecule has 0 spiro atoms. The third-order valence-corrected chi connectivity index (χ3v) is 4.66. The van der Waals surface area contributed by atoms with E-state index in [-0.39, 0.29) is 4.90 Å². The molecule has 0 aliphatic carbocycles. The number of aryl methyl sites for hydroxylation is 1. The topological polar surface area (TPSA) is 68.3 Å². The Bertz CT molecular complexity index is 924. The van der Waals surface area contributed by atoms with Gasteiger partial charge in [-0.05, 0) is 55.5 Å². The van der Waals surface area contributed by atoms with E-state index >= 15 is 0 Å². The van der Waals surface area contributed by atoms with Crippen molar-refractivity contribution in [2.45, 2.75) is 11.8 Å². The van der Waals surface area contributed by atoms with E-state index in [9.17, 15) is 8.42 Å². The molecule has 24 heavy (non-hydrogen) atoms. The molecule has 0 radical (unpaired) electrons. The van der Waals surface area contributed by atoms with Crippen molar-refractivity contribution < 1.29 is 13.2 Å². The minimum Gasteiger partial charge on any atom is -0.457 e. The van der Waals surface area contributed by atoms with Crippen LogP contribution < -0.4 is 9.46 Å². The Morgan fingerprint density at radius 1 is 0.917 bits per heavy atom. The average Bonchev–Trinajstić information content (AvgIpc) is 2.56. The molecule has 3 rings (SSSR count). The van der Waals surface area contributed by atoms with Crippen LogP contribution in [0.25, 0.3) is 0 Å². The molecule has 0 amide bonds. The maximum Gasteiger partial charge on any atom is 0.261 e. The van der Waals surface area contributed by atoms with Crippen molar-refractivity contribution in [2.24, 2.45) is 0 Å². The Hall–Kier alpha value is -2.86. The van der Waals surface area contributed by atoms with Gasteiger partial charge in [0.1, 0.15) is 11.5 Å². The van der Waals surface area contributed by atoms with Crippen LogP contribution in [-0.4, -0.2) is 13.4 Å². The van der Waals surface area contributed by atoms with E-state index in [2.05, 4.69) is 9.71 Å². The maximum absolute atomic E-state index is 12.4. The molecule has 6 heteroatoms. The van der Waals surface area contributed by atoms with Gasteiger partial charge in [0.25, 0.3) is 10.0 Å². The summed E-state index contributed by atoms with van der Waals surface area (Å²) in [6.07, 6.45) is 1.56. The summed E-state index contributed by atoms with van der Waals surface area (Å²) in [6, 6.07) is 18.8. The molecule has 0 aliphatic rings. The van der Waals surface area contributed by atoms with Crippen LogP contribution in [0.1, 0.15) is 5.69 Å². The predicted octanol–water partition coefficient (Wildman–Crippen LogP) is 3.98. The van der Waals surface area contributed by atoms with Gasteiger partial charge in [0.15, 0.2) is 0 Å². The van der Waals surface area contributed by atoms with Crippen LogP contribution in [0.4, 0.5) is 5.69 Å². The normalized spacial score (nSPS) is 11.0. The number of pyridine rings is 1. The van der Waals surface area contributed by atoms with Crippen LogP contribution in [-0.2, 0) is 10.0 Å². The van der Waals surface area contributed by atoms with Crippen LogP contribution in [0, 0.1) is 6.92 Å². The number of hydrogen-bond acceptors (Lipinski definition) is 4. The molecule has 1 heterocycles. The first-order valence-corrected chi connectivity index (χ1v) is 8.80. The Kier molecular flexibility index (Phi) is 4.48. The lowest BCUT2D eigenvalue weighted by Crippen LogP contribution is -2.13. The monoisotopic (exact) mass is 340 g/mol. The van der Waals surface area contributed by atoms with E-state index in [4.69, 9.17) is 4.74 Å². The molecule has 0 bridgehead atoms. The fraction of sp³-hybridized carbons (Fsp3) is 0.0556. The quantitative estimate of drug-likeness (QED) is 0.763. The number of rotatable bonds is 5. The molecule has 122 valence electrons. The number of anilines is 1. The first-order valence-electron chi connectivity index (χ1n) is 7.31. The SMILES string of the molecule is Cc1cc(NS(=O)(=O)c2ccc(Oc3ccccc3)cc2)ccn1. The molecule has 0 fully saturated rings. The minimum absolute atomic E-state index is 0.164. The van der Waals surface area contributed by atoms with E-state index in [1.165, 1.54) is 12.1 Å². The van der Waals surface area contributed by atoms with E-state index in [0.29, 0.717) is 17.2 Å². The van der Waals surface area contributed by atoms with Gasteiger partial charge in [0.05, 0.1) is 10.6 Å². The average molecular weight is 340 g/mol. The number of ether oxygens (including phenoxy) is 1. The van der Waals surface area contributed by atoms with Crippen LogP contribution in [0.3, 0.4) is 0 Å². The minimum atomic E-state index is -3.65. The zero-order valence-corrected chi connectivity index (χ0v) is 13.8. The highest BCUT2D eigenvalue weighted by Gasteiger charge is 2.14. The van der Waals surface area contributed by atoms with Gasteiger partial charge in [-0.1, -0.05) is 18.2 Å². The molecule has 1 N–H and O–H groups in total. The van der Waals surface area contributed by atoms with Gasteiger partial charge >= 0.3 is 0 Å². The number of benzene rings is 2. The highest BCUT2D eigenvalue weighted by Crippen LogP contribution is 2.23. The van der Waals surface area contributed by atoms with Crippen molar-refractivity contribution in [3.05, 3.63) is 78.6 Å². The van der Waals surface area contributed by atoms with E-state index in [0.717, 1.165) is 5.69 Å². The van der Waals surface area contributed by atoms with Crippen LogP contribution in [0.15, 0.2) is 77.8 Å². The highest BCUT2D eigenvalue weighted by atomic mass is 32.2. The largest absolute Gasteiger partial charge is 0.457 e. The summed E-state index contributed by atoms with van der Waals surface area (Å²) in [6.45, 7) is 1.80. The molecule has 0 atom stereocenters. The van der Waals surface area contributed by atoms with Crippen molar-refractivity contribution in [2.75, 3.05) is 4.72 Å².